The van der Waals surface area contributed by atoms with E-state index in [1.54, 1.807) is 30.9 Å². The summed E-state index contributed by atoms with van der Waals surface area (Å²) in [6.07, 6.45) is 6.15. The molecule has 0 spiro atoms. The van der Waals surface area contributed by atoms with Crippen molar-refractivity contribution in [1.82, 2.24) is 19.9 Å². The number of carbonyl (C=O) groups excluding carboxylic acids is 1. The Morgan fingerprint density at radius 2 is 1.68 bits per heavy atom. The van der Waals surface area contributed by atoms with Crippen LogP contribution >= 0.6 is 0 Å². The smallest absolute Gasteiger partial charge is 0.257 e. The van der Waals surface area contributed by atoms with Crippen LogP contribution in [-0.2, 0) is 15.6 Å². The number of rotatable bonds is 1. The number of fused-ring (bicyclic) bond motifs is 3. The highest BCUT2D eigenvalue weighted by Gasteiger charge is 2.31. The number of carbonyl (C=O) groups is 1. The van der Waals surface area contributed by atoms with Crippen molar-refractivity contribution in [1.29, 1.82) is 0 Å². The third-order valence-electron chi connectivity index (χ3n) is 6.69. The van der Waals surface area contributed by atoms with Crippen molar-refractivity contribution in [2.24, 2.45) is 0 Å². The van der Waals surface area contributed by atoms with Crippen molar-refractivity contribution in [2.45, 2.75) is 23.5 Å². The first-order valence-corrected chi connectivity index (χ1v) is 12.9. The van der Waals surface area contributed by atoms with Crippen LogP contribution in [0.3, 0.4) is 0 Å². The highest BCUT2D eigenvalue weighted by Crippen LogP contribution is 2.41. The minimum Gasteiger partial charge on any atom is -0.343 e. The van der Waals surface area contributed by atoms with Crippen LogP contribution in [0.4, 0.5) is 0 Å². The van der Waals surface area contributed by atoms with E-state index in [1.807, 2.05) is 41.3 Å². The Bertz CT molecular complexity index is 1580. The molecule has 170 valence electrons. The maximum atomic E-state index is 13.3. The maximum Gasteiger partial charge on any atom is 0.257 e. The van der Waals surface area contributed by atoms with Crippen LogP contribution < -0.4 is 0 Å². The lowest BCUT2D eigenvalue weighted by Gasteiger charge is -2.30. The van der Waals surface area contributed by atoms with E-state index in [9.17, 15) is 13.2 Å². The summed E-state index contributed by atoms with van der Waals surface area (Å²) in [5, 5.41) is 0. The zero-order valence-corrected chi connectivity index (χ0v) is 19.2. The van der Waals surface area contributed by atoms with Crippen LogP contribution in [0.2, 0.25) is 0 Å². The lowest BCUT2D eigenvalue weighted by Crippen LogP contribution is -2.36. The number of nitrogens with zero attached hydrogens (tertiary/aromatic N) is 3. The average molecular weight is 471 g/mol. The Hall–Kier alpha value is -3.78. The molecule has 1 N–H and O–H groups in total. The minimum atomic E-state index is -3.45. The number of amides is 1. The van der Waals surface area contributed by atoms with Gasteiger partial charge >= 0.3 is 0 Å². The summed E-state index contributed by atoms with van der Waals surface area (Å²) < 4.78 is 26.4. The number of hydrogen-bond acceptors (Lipinski definition) is 5. The van der Waals surface area contributed by atoms with Gasteiger partial charge in [-0.15, -0.1) is 0 Å². The van der Waals surface area contributed by atoms with E-state index < -0.39 is 9.84 Å². The molecule has 0 radical (unpaired) electrons. The summed E-state index contributed by atoms with van der Waals surface area (Å²) in [5.41, 5.74) is 6.57. The Labute approximate surface area is 197 Å². The zero-order chi connectivity index (χ0) is 23.3. The molecule has 0 bridgehead atoms. The fourth-order valence-electron chi connectivity index (χ4n) is 5.06. The number of imidazole rings is 1. The van der Waals surface area contributed by atoms with E-state index in [2.05, 4.69) is 15.0 Å². The van der Waals surface area contributed by atoms with Gasteiger partial charge in [-0.3, -0.25) is 9.78 Å². The van der Waals surface area contributed by atoms with Crippen LogP contribution in [0.5, 0.6) is 0 Å². The monoisotopic (exact) mass is 470 g/mol. The van der Waals surface area contributed by atoms with Crippen LogP contribution in [0.1, 0.15) is 39.9 Å². The number of aromatic nitrogens is 3. The van der Waals surface area contributed by atoms with Gasteiger partial charge in [0.05, 0.1) is 34.3 Å². The first-order valence-electron chi connectivity index (χ1n) is 11.2. The molecular formula is C26H22N4O3S. The van der Waals surface area contributed by atoms with Gasteiger partial charge in [0.25, 0.3) is 5.91 Å². The Morgan fingerprint density at radius 1 is 0.941 bits per heavy atom. The van der Waals surface area contributed by atoms with Crippen molar-refractivity contribution in [2.75, 3.05) is 13.1 Å². The first-order chi connectivity index (χ1) is 16.5. The fourth-order valence-corrected chi connectivity index (χ4v) is 6.67. The molecule has 0 aliphatic carbocycles. The molecule has 2 aliphatic rings. The van der Waals surface area contributed by atoms with Crippen LogP contribution in [-0.4, -0.2) is 47.3 Å². The number of piperidine rings is 1. The van der Waals surface area contributed by atoms with Gasteiger partial charge < -0.3 is 9.88 Å². The van der Waals surface area contributed by atoms with Crippen molar-refractivity contribution in [3.05, 3.63) is 95.1 Å². The second-order valence-electron chi connectivity index (χ2n) is 8.67. The zero-order valence-electron chi connectivity index (χ0n) is 18.4. The molecule has 0 unspecified atom stereocenters. The van der Waals surface area contributed by atoms with Crippen molar-refractivity contribution in [3.63, 3.8) is 0 Å². The summed E-state index contributed by atoms with van der Waals surface area (Å²) in [6.45, 7) is 1.10. The third-order valence-corrected chi connectivity index (χ3v) is 8.41. The van der Waals surface area contributed by atoms with E-state index in [1.165, 1.54) is 5.57 Å². The number of pyridine rings is 1. The van der Waals surface area contributed by atoms with Crippen molar-refractivity contribution < 1.29 is 13.2 Å². The van der Waals surface area contributed by atoms with E-state index >= 15 is 0 Å². The highest BCUT2D eigenvalue weighted by atomic mass is 32.2. The number of hydrogen-bond donors (Lipinski definition) is 1. The number of H-pyrrole nitrogens is 1. The van der Waals surface area contributed by atoms with Gasteiger partial charge in [-0.2, -0.15) is 0 Å². The van der Waals surface area contributed by atoms with Gasteiger partial charge in [0.2, 0.25) is 0 Å². The quantitative estimate of drug-likeness (QED) is 0.454. The lowest BCUT2D eigenvalue weighted by molar-refractivity contribution is 0.0745. The van der Waals surface area contributed by atoms with E-state index in [0.29, 0.717) is 41.9 Å². The van der Waals surface area contributed by atoms with Gasteiger partial charge in [-0.1, -0.05) is 48.0 Å². The van der Waals surface area contributed by atoms with Gasteiger partial charge in [0.1, 0.15) is 5.52 Å². The Kier molecular flexibility index (Phi) is 4.84. The first kappa shape index (κ1) is 20.8. The van der Waals surface area contributed by atoms with E-state index in [4.69, 9.17) is 0 Å². The minimum absolute atomic E-state index is 0.0117. The Balaban J connectivity index is 1.39. The molecule has 1 fully saturated rings. The SMILES string of the molecule is O=C(c1cncc2[nH]cnc12)N1CCC(=C2c3ccccc3CS(=O)(=O)c3ccccc32)CC1. The van der Waals surface area contributed by atoms with Crippen LogP contribution in [0.15, 0.2) is 77.7 Å². The molecule has 1 saturated heterocycles. The molecule has 34 heavy (non-hydrogen) atoms. The van der Waals surface area contributed by atoms with Crippen molar-refractivity contribution in [3.8, 4) is 0 Å². The van der Waals surface area contributed by atoms with Crippen LogP contribution in [0.25, 0.3) is 16.6 Å². The molecule has 0 saturated carbocycles. The molecule has 1 amide bonds. The molecule has 7 nitrogen and oxygen atoms in total. The highest BCUT2D eigenvalue weighted by molar-refractivity contribution is 7.90. The molecule has 2 aliphatic heterocycles. The summed E-state index contributed by atoms with van der Waals surface area (Å²) in [6, 6.07) is 15.0. The predicted molar refractivity (Wildman–Crippen MR) is 129 cm³/mol. The molecule has 4 aromatic rings. The maximum absolute atomic E-state index is 13.3. The van der Waals surface area contributed by atoms with Gasteiger partial charge in [0.15, 0.2) is 9.84 Å². The molecule has 2 aromatic carbocycles. The molecule has 4 heterocycles. The summed E-state index contributed by atoms with van der Waals surface area (Å²) >= 11 is 0. The van der Waals surface area contributed by atoms with Crippen LogP contribution in [0, 0.1) is 0 Å². The average Bonchev–Trinajstić information content (AvgIpc) is 3.31. The standard InChI is InChI=1S/C26H22N4O3S/c31-26(21-13-27-14-22-25(21)29-16-28-22)30-11-9-17(10-12-30)24-19-6-2-1-5-18(19)15-34(32,33)23-8-4-3-7-20(23)24/h1-8,13-14,16H,9-12,15H2,(H,28,29). The summed E-state index contributed by atoms with van der Waals surface area (Å²) in [5.74, 6) is -0.0964. The third kappa shape index (κ3) is 3.33. The van der Waals surface area contributed by atoms with E-state index in [0.717, 1.165) is 27.8 Å². The topological polar surface area (TPSA) is 96.0 Å². The van der Waals surface area contributed by atoms with Gasteiger partial charge in [-0.25, -0.2) is 13.4 Å². The van der Waals surface area contributed by atoms with Gasteiger partial charge in [0, 0.05) is 24.8 Å². The molecule has 2 aromatic heterocycles. The second kappa shape index (κ2) is 7.92. The summed E-state index contributed by atoms with van der Waals surface area (Å²) in [4.78, 5) is 26.9. The number of likely N-dealkylation sites (tertiary alicyclic amines) is 1. The number of nitrogens with one attached hydrogen (secondary N) is 1. The second-order valence-corrected chi connectivity index (χ2v) is 10.6. The summed E-state index contributed by atoms with van der Waals surface area (Å²) in [7, 11) is -3.45. The Morgan fingerprint density at radius 3 is 2.50 bits per heavy atom. The normalized spacial score (nSPS) is 17.2. The van der Waals surface area contributed by atoms with Gasteiger partial charge in [-0.05, 0) is 35.6 Å². The number of benzene rings is 2. The predicted octanol–water partition coefficient (Wildman–Crippen LogP) is 3.98. The molecule has 8 heteroatoms. The van der Waals surface area contributed by atoms with E-state index in [-0.39, 0.29) is 11.7 Å². The van der Waals surface area contributed by atoms with Crippen molar-refractivity contribution >= 4 is 32.4 Å². The number of aromatic amines is 1. The lowest BCUT2D eigenvalue weighted by atomic mass is 9.86. The molecule has 6 rings (SSSR count). The largest absolute Gasteiger partial charge is 0.343 e. The molecular weight excluding hydrogens is 448 g/mol. The fraction of sp³-hybridized carbons (Fsp3) is 0.192. The number of sulfone groups is 1. The molecule has 0 atom stereocenters.